The molecule has 0 aliphatic carbocycles. The lowest BCUT2D eigenvalue weighted by Crippen LogP contribution is -2.59. The van der Waals surface area contributed by atoms with E-state index in [0.717, 1.165) is 0 Å². The summed E-state index contributed by atoms with van der Waals surface area (Å²) in [5.74, 6) is -0.282. The molecule has 5 nitrogen and oxygen atoms in total. The van der Waals surface area contributed by atoms with Crippen molar-refractivity contribution in [1.82, 2.24) is 10.2 Å². The third-order valence-electron chi connectivity index (χ3n) is 2.78. The van der Waals surface area contributed by atoms with E-state index in [1.165, 1.54) is 11.0 Å². The quantitative estimate of drug-likeness (QED) is 0.675. The summed E-state index contributed by atoms with van der Waals surface area (Å²) in [6, 6.07) is -0.481. The molecule has 0 aromatic carbocycles. The van der Waals surface area contributed by atoms with Gasteiger partial charge >= 0.3 is 0 Å². The van der Waals surface area contributed by atoms with Crippen molar-refractivity contribution in [3.8, 4) is 0 Å². The molecule has 2 amide bonds. The third kappa shape index (κ3) is 3.30. The van der Waals surface area contributed by atoms with Crippen LogP contribution in [0.15, 0.2) is 12.7 Å². The first-order valence-electron chi connectivity index (χ1n) is 5.86. The minimum absolute atomic E-state index is 0.144. The van der Waals surface area contributed by atoms with Crippen molar-refractivity contribution in [3.05, 3.63) is 12.7 Å². The molecule has 1 saturated heterocycles. The van der Waals surface area contributed by atoms with E-state index in [0.29, 0.717) is 25.4 Å². The number of hydrogen-bond donors (Lipinski definition) is 2. The van der Waals surface area contributed by atoms with Crippen LogP contribution in [0.3, 0.4) is 0 Å². The Hall–Kier alpha value is -1.36. The zero-order valence-corrected chi connectivity index (χ0v) is 10.3. The minimum atomic E-state index is -1.23. The van der Waals surface area contributed by atoms with Gasteiger partial charge in [-0.1, -0.05) is 26.5 Å². The fourth-order valence-corrected chi connectivity index (χ4v) is 1.93. The molecule has 2 unspecified atom stereocenters. The van der Waals surface area contributed by atoms with E-state index in [1.807, 2.05) is 13.8 Å². The van der Waals surface area contributed by atoms with E-state index >= 15 is 0 Å². The zero-order chi connectivity index (χ0) is 13.0. The summed E-state index contributed by atoms with van der Waals surface area (Å²) in [5.41, 5.74) is 0. The first-order chi connectivity index (χ1) is 7.97. The molecule has 1 rings (SSSR count). The highest BCUT2D eigenvalue weighted by atomic mass is 16.3. The van der Waals surface area contributed by atoms with Crippen molar-refractivity contribution in [2.75, 3.05) is 13.1 Å². The van der Waals surface area contributed by atoms with Crippen molar-refractivity contribution >= 4 is 11.8 Å². The zero-order valence-electron chi connectivity index (χ0n) is 10.3. The number of amides is 2. The van der Waals surface area contributed by atoms with Crippen LogP contribution >= 0.6 is 0 Å². The Balaban J connectivity index is 2.81. The lowest BCUT2D eigenvalue weighted by Gasteiger charge is -2.36. The summed E-state index contributed by atoms with van der Waals surface area (Å²) in [6.45, 7) is 8.24. The van der Waals surface area contributed by atoms with E-state index < -0.39 is 18.1 Å². The van der Waals surface area contributed by atoms with Gasteiger partial charge in [-0.3, -0.25) is 9.59 Å². The molecule has 0 radical (unpaired) electrons. The number of piperazine rings is 1. The summed E-state index contributed by atoms with van der Waals surface area (Å²) < 4.78 is 0. The second-order valence-corrected chi connectivity index (χ2v) is 4.65. The van der Waals surface area contributed by atoms with Crippen LogP contribution in [0, 0.1) is 5.92 Å². The van der Waals surface area contributed by atoms with Gasteiger partial charge in [0.2, 0.25) is 5.91 Å². The third-order valence-corrected chi connectivity index (χ3v) is 2.78. The molecule has 0 spiro atoms. The lowest BCUT2D eigenvalue weighted by atomic mass is 9.99. The predicted octanol–water partition coefficient (Wildman–Crippen LogP) is -0.0936. The largest absolute Gasteiger partial charge is 0.379 e. The van der Waals surface area contributed by atoms with Gasteiger partial charge < -0.3 is 15.3 Å². The van der Waals surface area contributed by atoms with Crippen molar-refractivity contribution in [3.63, 3.8) is 0 Å². The summed E-state index contributed by atoms with van der Waals surface area (Å²) in [6.07, 6.45) is 0.554. The lowest BCUT2D eigenvalue weighted by molar-refractivity contribution is -0.148. The Morgan fingerprint density at radius 3 is 2.88 bits per heavy atom. The maximum absolute atomic E-state index is 11.9. The molecule has 17 heavy (non-hydrogen) atoms. The monoisotopic (exact) mass is 240 g/mol. The molecule has 5 heteroatoms. The Morgan fingerprint density at radius 1 is 1.71 bits per heavy atom. The molecular weight excluding hydrogens is 220 g/mol. The van der Waals surface area contributed by atoms with Gasteiger partial charge in [-0.05, 0) is 12.3 Å². The first-order valence-corrected chi connectivity index (χ1v) is 5.86. The van der Waals surface area contributed by atoms with Crippen LogP contribution in [0.1, 0.15) is 20.3 Å². The van der Waals surface area contributed by atoms with Gasteiger partial charge in [0.05, 0.1) is 0 Å². The average Bonchev–Trinajstić information content (AvgIpc) is 2.29. The van der Waals surface area contributed by atoms with Gasteiger partial charge in [0.25, 0.3) is 5.91 Å². The molecule has 96 valence electrons. The molecule has 1 heterocycles. The van der Waals surface area contributed by atoms with Crippen LogP contribution in [0.4, 0.5) is 0 Å². The van der Waals surface area contributed by atoms with Crippen LogP contribution in [-0.2, 0) is 9.59 Å². The van der Waals surface area contributed by atoms with Crippen molar-refractivity contribution in [1.29, 1.82) is 0 Å². The van der Waals surface area contributed by atoms with E-state index in [-0.39, 0.29) is 5.91 Å². The fourth-order valence-electron chi connectivity index (χ4n) is 1.93. The summed E-state index contributed by atoms with van der Waals surface area (Å²) in [5, 5.41) is 12.2. The smallest absolute Gasteiger partial charge is 0.256 e. The Labute approximate surface area is 101 Å². The van der Waals surface area contributed by atoms with Crippen LogP contribution in [0.25, 0.3) is 0 Å². The molecule has 0 bridgehead atoms. The molecule has 1 fully saturated rings. The molecule has 1 aliphatic heterocycles. The number of aliphatic hydroxyl groups excluding tert-OH is 1. The maximum atomic E-state index is 11.9. The van der Waals surface area contributed by atoms with Gasteiger partial charge in [-0.2, -0.15) is 0 Å². The molecule has 0 aromatic rings. The second-order valence-electron chi connectivity index (χ2n) is 4.65. The number of hydrogen-bond acceptors (Lipinski definition) is 3. The molecule has 0 aromatic heterocycles. The summed E-state index contributed by atoms with van der Waals surface area (Å²) >= 11 is 0. The van der Waals surface area contributed by atoms with Gasteiger partial charge in [-0.25, -0.2) is 0 Å². The molecular formula is C12H20N2O3. The van der Waals surface area contributed by atoms with E-state index in [9.17, 15) is 14.7 Å². The number of aliphatic hydroxyl groups is 1. The molecule has 1 aliphatic rings. The van der Waals surface area contributed by atoms with Crippen LogP contribution in [0.5, 0.6) is 0 Å². The average molecular weight is 240 g/mol. The highest BCUT2D eigenvalue weighted by Crippen LogP contribution is 2.15. The van der Waals surface area contributed by atoms with Crippen LogP contribution < -0.4 is 5.32 Å². The summed E-state index contributed by atoms with van der Waals surface area (Å²) in [7, 11) is 0. The molecule has 2 atom stereocenters. The summed E-state index contributed by atoms with van der Waals surface area (Å²) in [4.78, 5) is 25.1. The molecule has 2 N–H and O–H groups in total. The van der Waals surface area contributed by atoms with Gasteiger partial charge in [0.15, 0.2) is 6.10 Å². The predicted molar refractivity (Wildman–Crippen MR) is 64.2 cm³/mol. The Morgan fingerprint density at radius 2 is 2.35 bits per heavy atom. The topological polar surface area (TPSA) is 69.6 Å². The van der Waals surface area contributed by atoms with E-state index in [1.54, 1.807) is 0 Å². The van der Waals surface area contributed by atoms with Crippen LogP contribution in [0.2, 0.25) is 0 Å². The van der Waals surface area contributed by atoms with Gasteiger partial charge in [0.1, 0.15) is 6.04 Å². The second kappa shape index (κ2) is 5.82. The van der Waals surface area contributed by atoms with Crippen LogP contribution in [-0.4, -0.2) is 47.1 Å². The number of nitrogens with one attached hydrogen (secondary N) is 1. The van der Waals surface area contributed by atoms with E-state index in [2.05, 4.69) is 11.9 Å². The normalized spacial score (nSPS) is 22.2. The highest BCUT2D eigenvalue weighted by molar-refractivity contribution is 5.91. The minimum Gasteiger partial charge on any atom is -0.379 e. The first kappa shape index (κ1) is 13.7. The Bertz CT molecular complexity index is 315. The van der Waals surface area contributed by atoms with Gasteiger partial charge in [0, 0.05) is 13.1 Å². The number of rotatable bonds is 4. The maximum Gasteiger partial charge on any atom is 0.256 e. The standard InChI is InChI=1S/C12H20N2O3/c1-4-10(15)12(17)14-6-5-13-11(16)9(14)7-8(2)3/h4,8-10,15H,1,5-7H2,2-3H3,(H,13,16). The van der Waals surface area contributed by atoms with Crippen molar-refractivity contribution in [2.45, 2.75) is 32.4 Å². The van der Waals surface area contributed by atoms with E-state index in [4.69, 9.17) is 0 Å². The van der Waals surface area contributed by atoms with Gasteiger partial charge in [-0.15, -0.1) is 0 Å². The SMILES string of the molecule is C=CC(O)C(=O)N1CCNC(=O)C1CC(C)C. The highest BCUT2D eigenvalue weighted by Gasteiger charge is 2.35. The number of nitrogens with zero attached hydrogens (tertiary/aromatic N) is 1. The molecule has 0 saturated carbocycles. The number of carbonyl (C=O) groups excluding carboxylic acids is 2. The Kier molecular flexibility index (Phi) is 4.69. The number of carbonyl (C=O) groups is 2. The van der Waals surface area contributed by atoms with Crippen molar-refractivity contribution < 1.29 is 14.7 Å². The fraction of sp³-hybridized carbons (Fsp3) is 0.667. The van der Waals surface area contributed by atoms with Crippen molar-refractivity contribution in [2.24, 2.45) is 5.92 Å².